The number of nitrogens with one attached hydrogen (secondary N) is 1. The maximum absolute atomic E-state index is 13.8. The lowest BCUT2D eigenvalue weighted by Crippen LogP contribution is -2.39. The van der Waals surface area contributed by atoms with Gasteiger partial charge in [-0.25, -0.2) is 9.48 Å². The van der Waals surface area contributed by atoms with E-state index in [1.807, 2.05) is 12.1 Å². The average molecular weight is 521 g/mol. The van der Waals surface area contributed by atoms with E-state index >= 15 is 0 Å². The van der Waals surface area contributed by atoms with Gasteiger partial charge in [-0.15, -0.1) is 0 Å². The molecule has 2 aliphatic rings. The monoisotopic (exact) mass is 520 g/mol. The molecule has 1 aliphatic heterocycles. The summed E-state index contributed by atoms with van der Waals surface area (Å²) in [5.74, 6) is 0.615. The average Bonchev–Trinajstić information content (AvgIpc) is 3.66. The summed E-state index contributed by atoms with van der Waals surface area (Å²) in [6.07, 6.45) is 3.14. The fourth-order valence-electron chi connectivity index (χ4n) is 4.83. The molecular formula is C28H32N4O4S. The first-order chi connectivity index (χ1) is 17.8. The second-order valence-corrected chi connectivity index (χ2v) is 10.6. The molecule has 37 heavy (non-hydrogen) atoms. The number of rotatable bonds is 9. The van der Waals surface area contributed by atoms with Crippen LogP contribution in [0.25, 0.3) is 5.69 Å². The Labute approximate surface area is 222 Å². The standard InChI is InChI=1S/C28H32N4O4S/c1-28(2,17-29-16-18-4-5-18)19-6-8-20(9-7-19)31-15-14-23-24(27(34)36-37)30-32(25(23)26(31)33)21-10-12-22(35-3)13-11-21/h6-13,18,29,37H,4-5,14-17H2,1-3H3. The van der Waals surface area contributed by atoms with Gasteiger partial charge in [0.25, 0.3) is 5.91 Å². The number of carbonyl (C=O) groups is 2. The van der Waals surface area contributed by atoms with Crippen LogP contribution in [0.15, 0.2) is 48.5 Å². The third-order valence-electron chi connectivity index (χ3n) is 7.27. The Morgan fingerprint density at radius 2 is 1.78 bits per heavy atom. The number of benzene rings is 2. The van der Waals surface area contributed by atoms with Crippen LogP contribution in [0, 0.1) is 5.92 Å². The normalized spacial score (nSPS) is 15.5. The number of nitrogens with zero attached hydrogens (tertiary/aromatic N) is 3. The number of ether oxygens (including phenoxy) is 1. The molecule has 194 valence electrons. The lowest BCUT2D eigenvalue weighted by Gasteiger charge is -2.29. The van der Waals surface area contributed by atoms with Crippen molar-refractivity contribution >= 4 is 30.5 Å². The maximum atomic E-state index is 13.8. The minimum Gasteiger partial charge on any atom is -0.497 e. The summed E-state index contributed by atoms with van der Waals surface area (Å²) >= 11 is 3.67. The van der Waals surface area contributed by atoms with E-state index in [4.69, 9.17) is 4.74 Å². The third kappa shape index (κ3) is 5.10. The number of methoxy groups -OCH3 is 1. The zero-order valence-corrected chi connectivity index (χ0v) is 22.3. The third-order valence-corrected chi connectivity index (χ3v) is 7.43. The number of anilines is 1. The summed E-state index contributed by atoms with van der Waals surface area (Å²) in [4.78, 5) is 28.0. The van der Waals surface area contributed by atoms with E-state index in [9.17, 15) is 9.59 Å². The van der Waals surface area contributed by atoms with E-state index < -0.39 is 5.97 Å². The van der Waals surface area contributed by atoms with Crippen molar-refractivity contribution in [3.05, 3.63) is 71.0 Å². The van der Waals surface area contributed by atoms with Crippen molar-refractivity contribution in [1.82, 2.24) is 15.1 Å². The predicted molar refractivity (Wildman–Crippen MR) is 145 cm³/mol. The molecule has 1 fully saturated rings. The SMILES string of the molecule is COc1ccc(-n2nc(C(=O)OS)c3c2C(=O)N(c2ccc(C(C)(C)CNCC4CC4)cc2)CC3)cc1. The molecule has 1 amide bonds. The lowest BCUT2D eigenvalue weighted by molar-refractivity contribution is 0.0764. The Morgan fingerprint density at radius 3 is 2.41 bits per heavy atom. The van der Waals surface area contributed by atoms with Gasteiger partial charge < -0.3 is 19.1 Å². The maximum Gasteiger partial charge on any atom is 0.370 e. The second-order valence-electron chi connectivity index (χ2n) is 10.4. The van der Waals surface area contributed by atoms with E-state index in [1.54, 1.807) is 36.3 Å². The highest BCUT2D eigenvalue weighted by molar-refractivity contribution is 7.75. The molecule has 0 unspecified atom stereocenters. The highest BCUT2D eigenvalue weighted by atomic mass is 32.1. The molecule has 9 heteroatoms. The Balaban J connectivity index is 1.42. The summed E-state index contributed by atoms with van der Waals surface area (Å²) in [6, 6.07) is 15.3. The number of amides is 1. The number of thiol groups is 1. The molecule has 0 bridgehead atoms. The zero-order chi connectivity index (χ0) is 26.2. The van der Waals surface area contributed by atoms with Crippen molar-refractivity contribution in [3.8, 4) is 11.4 Å². The molecule has 2 aromatic carbocycles. The van der Waals surface area contributed by atoms with Crippen molar-refractivity contribution in [1.29, 1.82) is 0 Å². The number of hydrogen-bond donors (Lipinski definition) is 2. The molecule has 1 aromatic heterocycles. The molecule has 0 spiro atoms. The molecule has 1 aliphatic carbocycles. The van der Waals surface area contributed by atoms with Gasteiger partial charge in [0.1, 0.15) is 11.4 Å². The first-order valence-electron chi connectivity index (χ1n) is 12.6. The Kier molecular flexibility index (Phi) is 7.00. The summed E-state index contributed by atoms with van der Waals surface area (Å²) in [6.45, 7) is 6.88. The van der Waals surface area contributed by atoms with Gasteiger partial charge in [-0.1, -0.05) is 26.0 Å². The van der Waals surface area contributed by atoms with Crippen molar-refractivity contribution in [2.24, 2.45) is 5.92 Å². The van der Waals surface area contributed by atoms with Crippen molar-refractivity contribution < 1.29 is 18.5 Å². The summed E-state index contributed by atoms with van der Waals surface area (Å²) < 4.78 is 11.4. The largest absolute Gasteiger partial charge is 0.497 e. The predicted octanol–water partition coefficient (Wildman–Crippen LogP) is 4.36. The Bertz CT molecular complexity index is 1300. The molecule has 0 radical (unpaired) electrons. The molecule has 0 saturated heterocycles. The van der Waals surface area contributed by atoms with Crippen molar-refractivity contribution in [3.63, 3.8) is 0 Å². The minimum absolute atomic E-state index is 0.0262. The number of fused-ring (bicyclic) bond motifs is 1. The number of carbonyl (C=O) groups excluding carboxylic acids is 2. The molecular weight excluding hydrogens is 488 g/mol. The Morgan fingerprint density at radius 1 is 1.11 bits per heavy atom. The second kappa shape index (κ2) is 10.2. The highest BCUT2D eigenvalue weighted by Gasteiger charge is 2.36. The van der Waals surface area contributed by atoms with Gasteiger partial charge in [0.2, 0.25) is 0 Å². The van der Waals surface area contributed by atoms with Gasteiger partial charge in [0.15, 0.2) is 5.69 Å². The highest BCUT2D eigenvalue weighted by Crippen LogP contribution is 2.32. The van der Waals surface area contributed by atoms with Crippen LogP contribution in [0.3, 0.4) is 0 Å². The van der Waals surface area contributed by atoms with E-state index in [0.29, 0.717) is 35.7 Å². The van der Waals surface area contributed by atoms with E-state index in [1.165, 1.54) is 23.1 Å². The van der Waals surface area contributed by atoms with Gasteiger partial charge >= 0.3 is 5.97 Å². The molecule has 3 aromatic rings. The lowest BCUT2D eigenvalue weighted by atomic mass is 9.84. The molecule has 2 heterocycles. The van der Waals surface area contributed by atoms with Crippen molar-refractivity contribution in [2.45, 2.75) is 38.5 Å². The van der Waals surface area contributed by atoms with E-state index in [2.05, 4.69) is 53.5 Å². The van der Waals surface area contributed by atoms with Crippen LogP contribution >= 0.6 is 12.9 Å². The molecule has 8 nitrogen and oxygen atoms in total. The summed E-state index contributed by atoms with van der Waals surface area (Å²) in [7, 11) is 1.59. The van der Waals surface area contributed by atoms with Crippen LogP contribution < -0.4 is 15.0 Å². The van der Waals surface area contributed by atoms with E-state index in [-0.39, 0.29) is 17.0 Å². The van der Waals surface area contributed by atoms with Gasteiger partial charge in [-0.3, -0.25) is 4.79 Å². The quantitative estimate of drug-likeness (QED) is 0.322. The fourth-order valence-corrected chi connectivity index (χ4v) is 4.92. The van der Waals surface area contributed by atoms with Crippen LogP contribution in [0.4, 0.5) is 5.69 Å². The van der Waals surface area contributed by atoms with Gasteiger partial charge in [0.05, 0.1) is 12.8 Å². The topological polar surface area (TPSA) is 85.7 Å². The first-order valence-corrected chi connectivity index (χ1v) is 12.9. The molecule has 5 rings (SSSR count). The van der Waals surface area contributed by atoms with Crippen molar-refractivity contribution in [2.75, 3.05) is 31.6 Å². The van der Waals surface area contributed by atoms with Crippen LogP contribution in [-0.4, -0.2) is 48.4 Å². The smallest absolute Gasteiger partial charge is 0.370 e. The van der Waals surface area contributed by atoms with Gasteiger partial charge in [0, 0.05) is 42.7 Å². The van der Waals surface area contributed by atoms with Gasteiger partial charge in [-0.05, 0) is 73.7 Å². The first kappa shape index (κ1) is 25.4. The number of hydrogen-bond acceptors (Lipinski definition) is 7. The van der Waals surface area contributed by atoms with Crippen LogP contribution in [0.2, 0.25) is 0 Å². The number of aromatic nitrogens is 2. The summed E-state index contributed by atoms with van der Waals surface area (Å²) in [5, 5.41) is 8.06. The van der Waals surface area contributed by atoms with Gasteiger partial charge in [-0.2, -0.15) is 5.10 Å². The zero-order valence-electron chi connectivity index (χ0n) is 21.4. The minimum atomic E-state index is -0.685. The van der Waals surface area contributed by atoms with Crippen LogP contribution in [-0.2, 0) is 16.0 Å². The van der Waals surface area contributed by atoms with Crippen LogP contribution in [0.5, 0.6) is 5.75 Å². The Hall–Kier alpha value is -3.30. The molecule has 0 atom stereocenters. The summed E-state index contributed by atoms with van der Waals surface area (Å²) in [5.41, 5.74) is 3.65. The molecule has 1 N–H and O–H groups in total. The van der Waals surface area contributed by atoms with E-state index in [0.717, 1.165) is 24.7 Å². The fraction of sp³-hybridized carbons (Fsp3) is 0.393. The molecule has 1 saturated carbocycles. The van der Waals surface area contributed by atoms with Crippen LogP contribution in [0.1, 0.15) is 58.8 Å².